The largest absolute Gasteiger partial charge is 0.491 e. The Morgan fingerprint density at radius 3 is 2.60 bits per heavy atom. The minimum atomic E-state index is -0.458. The van der Waals surface area contributed by atoms with Gasteiger partial charge in [-0.05, 0) is 31.9 Å². The fourth-order valence-electron chi connectivity index (χ4n) is 2.33. The van der Waals surface area contributed by atoms with Gasteiger partial charge in [0.1, 0.15) is 0 Å². The first-order chi connectivity index (χ1) is 9.70. The van der Waals surface area contributed by atoms with Crippen molar-refractivity contribution < 1.29 is 13.9 Å². The summed E-state index contributed by atoms with van der Waals surface area (Å²) in [5.41, 5.74) is 0.459. The molecule has 2 rings (SSSR count). The number of benzene rings is 1. The van der Waals surface area contributed by atoms with E-state index in [0.717, 1.165) is 25.9 Å². The number of amides is 2. The van der Waals surface area contributed by atoms with Crippen LogP contribution in [-0.2, 0) is 0 Å². The van der Waals surface area contributed by atoms with Gasteiger partial charge in [-0.3, -0.25) is 0 Å². The highest BCUT2D eigenvalue weighted by atomic mass is 19.1. The zero-order valence-electron chi connectivity index (χ0n) is 11.8. The summed E-state index contributed by atoms with van der Waals surface area (Å²) in [6.07, 6.45) is 4.40. The number of anilines is 1. The number of ether oxygens (including phenoxy) is 1. The number of carbonyl (C=O) groups is 1. The van der Waals surface area contributed by atoms with E-state index in [1.54, 1.807) is 17.9 Å². The van der Waals surface area contributed by atoms with Crippen LogP contribution < -0.4 is 10.1 Å². The van der Waals surface area contributed by atoms with Gasteiger partial charge >= 0.3 is 6.03 Å². The van der Waals surface area contributed by atoms with Crippen molar-refractivity contribution >= 4 is 11.7 Å². The molecule has 1 fully saturated rings. The maximum atomic E-state index is 13.7. The van der Waals surface area contributed by atoms with Gasteiger partial charge in [-0.1, -0.05) is 12.8 Å². The van der Waals surface area contributed by atoms with Gasteiger partial charge in [-0.25, -0.2) is 9.18 Å². The molecule has 1 aromatic carbocycles. The van der Waals surface area contributed by atoms with E-state index >= 15 is 0 Å². The summed E-state index contributed by atoms with van der Waals surface area (Å²) in [6.45, 7) is 3.75. The van der Waals surface area contributed by atoms with Crippen molar-refractivity contribution in [2.45, 2.75) is 32.6 Å². The number of carbonyl (C=O) groups excluding carboxylic acids is 1. The minimum absolute atomic E-state index is 0.157. The number of nitrogens with zero attached hydrogens (tertiary/aromatic N) is 1. The standard InChI is InChI=1S/C15H21FN2O2/c1-2-20-14-8-7-12(11-13(14)16)17-15(19)18-9-5-3-4-6-10-18/h7-8,11H,2-6,9-10H2,1H3,(H,17,19). The lowest BCUT2D eigenvalue weighted by Crippen LogP contribution is -2.35. The second-order valence-electron chi connectivity index (χ2n) is 4.91. The van der Waals surface area contributed by atoms with Gasteiger partial charge in [0.05, 0.1) is 6.61 Å². The summed E-state index contributed by atoms with van der Waals surface area (Å²) in [7, 11) is 0. The quantitative estimate of drug-likeness (QED) is 0.918. The molecule has 1 saturated heterocycles. The molecule has 0 spiro atoms. The molecule has 0 unspecified atom stereocenters. The third-order valence-corrected chi connectivity index (χ3v) is 3.38. The van der Waals surface area contributed by atoms with E-state index in [2.05, 4.69) is 5.32 Å². The molecule has 20 heavy (non-hydrogen) atoms. The second kappa shape index (κ2) is 7.12. The van der Waals surface area contributed by atoms with E-state index in [4.69, 9.17) is 4.74 Å². The van der Waals surface area contributed by atoms with Gasteiger partial charge in [0.25, 0.3) is 0 Å². The van der Waals surface area contributed by atoms with Gasteiger partial charge < -0.3 is 15.0 Å². The molecule has 2 amide bonds. The van der Waals surface area contributed by atoms with Crippen LogP contribution in [0.4, 0.5) is 14.9 Å². The van der Waals surface area contributed by atoms with Crippen molar-refractivity contribution in [3.63, 3.8) is 0 Å². The molecule has 5 heteroatoms. The van der Waals surface area contributed by atoms with Crippen LogP contribution >= 0.6 is 0 Å². The van der Waals surface area contributed by atoms with E-state index in [9.17, 15) is 9.18 Å². The van der Waals surface area contributed by atoms with Gasteiger partial charge in [0.15, 0.2) is 11.6 Å². The summed E-state index contributed by atoms with van der Waals surface area (Å²) >= 11 is 0. The Morgan fingerprint density at radius 1 is 1.30 bits per heavy atom. The Balaban J connectivity index is 1.98. The maximum Gasteiger partial charge on any atom is 0.321 e. The molecule has 0 saturated carbocycles. The van der Waals surface area contributed by atoms with E-state index in [1.165, 1.54) is 25.0 Å². The lowest BCUT2D eigenvalue weighted by molar-refractivity contribution is 0.213. The molecule has 1 aromatic rings. The summed E-state index contributed by atoms with van der Waals surface area (Å²) in [5, 5.41) is 2.74. The zero-order chi connectivity index (χ0) is 14.4. The summed E-state index contributed by atoms with van der Waals surface area (Å²) in [6, 6.07) is 4.33. The van der Waals surface area contributed by atoms with Crippen molar-refractivity contribution in [1.29, 1.82) is 0 Å². The Morgan fingerprint density at radius 2 is 2.00 bits per heavy atom. The van der Waals surface area contributed by atoms with Crippen LogP contribution in [-0.4, -0.2) is 30.6 Å². The molecule has 0 aliphatic carbocycles. The van der Waals surface area contributed by atoms with E-state index in [-0.39, 0.29) is 11.8 Å². The molecule has 110 valence electrons. The van der Waals surface area contributed by atoms with Crippen molar-refractivity contribution in [2.75, 3.05) is 25.0 Å². The normalized spacial score (nSPS) is 15.6. The Kier molecular flexibility index (Phi) is 5.21. The van der Waals surface area contributed by atoms with Crippen molar-refractivity contribution in [2.24, 2.45) is 0 Å². The Bertz CT molecular complexity index is 457. The molecule has 1 aliphatic rings. The van der Waals surface area contributed by atoms with Crippen LogP contribution in [0.2, 0.25) is 0 Å². The first-order valence-electron chi connectivity index (χ1n) is 7.19. The highest BCUT2D eigenvalue weighted by Crippen LogP contribution is 2.21. The highest BCUT2D eigenvalue weighted by molar-refractivity contribution is 5.89. The molecular formula is C15H21FN2O2. The number of hydrogen-bond donors (Lipinski definition) is 1. The topological polar surface area (TPSA) is 41.6 Å². The van der Waals surface area contributed by atoms with Crippen molar-refractivity contribution in [3.8, 4) is 5.75 Å². The number of halogens is 1. The summed E-state index contributed by atoms with van der Waals surface area (Å²) in [5.74, 6) is -0.249. The van der Waals surface area contributed by atoms with Gasteiger partial charge in [-0.15, -0.1) is 0 Å². The summed E-state index contributed by atoms with van der Waals surface area (Å²) < 4.78 is 18.8. The second-order valence-corrected chi connectivity index (χ2v) is 4.91. The first kappa shape index (κ1) is 14.6. The molecule has 1 heterocycles. The zero-order valence-corrected chi connectivity index (χ0v) is 11.8. The number of hydrogen-bond acceptors (Lipinski definition) is 2. The van der Waals surface area contributed by atoms with Gasteiger partial charge in [0, 0.05) is 24.8 Å². The molecular weight excluding hydrogens is 259 g/mol. The van der Waals surface area contributed by atoms with Crippen LogP contribution in [0.15, 0.2) is 18.2 Å². The van der Waals surface area contributed by atoms with Crippen molar-refractivity contribution in [1.82, 2.24) is 4.90 Å². The van der Waals surface area contributed by atoms with Crippen LogP contribution in [0.5, 0.6) is 5.75 Å². The lowest BCUT2D eigenvalue weighted by Gasteiger charge is -2.20. The average molecular weight is 280 g/mol. The predicted molar refractivity (Wildman–Crippen MR) is 76.6 cm³/mol. The molecule has 4 nitrogen and oxygen atoms in total. The molecule has 0 bridgehead atoms. The van der Waals surface area contributed by atoms with Gasteiger partial charge in [-0.2, -0.15) is 0 Å². The number of likely N-dealkylation sites (tertiary alicyclic amines) is 1. The smallest absolute Gasteiger partial charge is 0.321 e. The average Bonchev–Trinajstić information content (AvgIpc) is 2.71. The fourth-order valence-corrected chi connectivity index (χ4v) is 2.33. The van der Waals surface area contributed by atoms with Gasteiger partial charge in [0.2, 0.25) is 0 Å². The molecule has 0 atom stereocenters. The Labute approximate surface area is 118 Å². The summed E-state index contributed by atoms with van der Waals surface area (Å²) in [4.78, 5) is 13.9. The molecule has 1 aliphatic heterocycles. The Hall–Kier alpha value is -1.78. The van der Waals surface area contributed by atoms with E-state index in [0.29, 0.717) is 12.3 Å². The number of urea groups is 1. The van der Waals surface area contributed by atoms with Crippen LogP contribution in [0, 0.1) is 5.82 Å². The fraction of sp³-hybridized carbons (Fsp3) is 0.533. The maximum absolute atomic E-state index is 13.7. The predicted octanol–water partition coefficient (Wildman–Crippen LogP) is 3.63. The van der Waals surface area contributed by atoms with Crippen LogP contribution in [0.25, 0.3) is 0 Å². The third-order valence-electron chi connectivity index (χ3n) is 3.38. The third kappa shape index (κ3) is 3.85. The molecule has 0 radical (unpaired) electrons. The van der Waals surface area contributed by atoms with E-state index in [1.807, 2.05) is 0 Å². The molecule has 0 aromatic heterocycles. The van der Waals surface area contributed by atoms with E-state index < -0.39 is 5.82 Å². The monoisotopic (exact) mass is 280 g/mol. The van der Waals surface area contributed by atoms with Crippen LogP contribution in [0.1, 0.15) is 32.6 Å². The minimum Gasteiger partial charge on any atom is -0.491 e. The number of nitrogens with one attached hydrogen (secondary N) is 1. The molecule has 1 N–H and O–H groups in total. The first-order valence-corrected chi connectivity index (χ1v) is 7.19. The SMILES string of the molecule is CCOc1ccc(NC(=O)N2CCCCCC2)cc1F. The highest BCUT2D eigenvalue weighted by Gasteiger charge is 2.16. The number of rotatable bonds is 3. The lowest BCUT2D eigenvalue weighted by atomic mass is 10.2. The van der Waals surface area contributed by atoms with Crippen LogP contribution in [0.3, 0.4) is 0 Å². The van der Waals surface area contributed by atoms with Crippen molar-refractivity contribution in [3.05, 3.63) is 24.0 Å².